The molecule has 2 aromatic heterocycles. The number of aromatic nitrogens is 2. The zero-order valence-electron chi connectivity index (χ0n) is 19.7. The number of benzene rings is 2. The molecule has 38 heavy (non-hydrogen) atoms. The number of thiophene rings is 1. The van der Waals surface area contributed by atoms with Gasteiger partial charge >= 0.3 is 6.18 Å². The number of nitrogens with two attached hydrogens (primary N) is 2. The van der Waals surface area contributed by atoms with Crippen LogP contribution in [0, 0.1) is 11.6 Å². The Hall–Kier alpha value is -3.94. The maximum Gasteiger partial charge on any atom is 0.407 e. The molecule has 7 nitrogen and oxygen atoms in total. The van der Waals surface area contributed by atoms with E-state index in [0.29, 0.717) is 33.6 Å². The molecule has 0 amide bonds. The van der Waals surface area contributed by atoms with Crippen molar-refractivity contribution < 1.29 is 22.0 Å². The Kier molecular flexibility index (Phi) is 7.99. The van der Waals surface area contributed by atoms with Gasteiger partial charge in [-0.2, -0.15) is 13.2 Å². The second kappa shape index (κ2) is 11.2. The van der Waals surface area contributed by atoms with Crippen molar-refractivity contribution in [2.24, 2.45) is 16.6 Å². The number of halogens is 5. The van der Waals surface area contributed by atoms with Crippen molar-refractivity contribution in [1.29, 1.82) is 0 Å². The van der Waals surface area contributed by atoms with Crippen LogP contribution in [0.5, 0.6) is 0 Å². The van der Waals surface area contributed by atoms with Crippen molar-refractivity contribution >= 4 is 34.1 Å². The molecule has 0 aliphatic rings. The molecule has 0 aliphatic heterocycles. The summed E-state index contributed by atoms with van der Waals surface area (Å²) in [4.78, 5) is 12.2. The van der Waals surface area contributed by atoms with E-state index in [0.717, 1.165) is 35.7 Å². The molecule has 1 atom stereocenters. The lowest BCUT2D eigenvalue weighted by atomic mass is 9.94. The quantitative estimate of drug-likeness (QED) is 0.109. The van der Waals surface area contributed by atoms with Gasteiger partial charge in [0.1, 0.15) is 17.6 Å². The Balaban J connectivity index is 1.70. The maximum absolute atomic E-state index is 14.8. The van der Waals surface area contributed by atoms with Gasteiger partial charge in [-0.05, 0) is 47.0 Å². The number of anilines is 1. The first-order chi connectivity index (χ1) is 18.1. The van der Waals surface area contributed by atoms with Crippen molar-refractivity contribution in [1.82, 2.24) is 15.0 Å². The number of hydrogen-bond acceptors (Lipinski definition) is 8. The van der Waals surface area contributed by atoms with Gasteiger partial charge in [-0.15, -0.1) is 11.3 Å². The average Bonchev–Trinajstić information content (AvgIpc) is 3.31. The molecule has 0 radical (unpaired) electrons. The van der Waals surface area contributed by atoms with Crippen molar-refractivity contribution in [3.8, 4) is 21.7 Å². The molecule has 0 saturated heterocycles. The highest BCUT2D eigenvalue weighted by molar-refractivity contribution is 7.22. The largest absolute Gasteiger partial charge is 0.407 e. The molecule has 5 N–H and O–H groups in total. The monoisotopic (exact) mass is 547 g/mol. The average molecular weight is 548 g/mol. The first-order valence-corrected chi connectivity index (χ1v) is 12.0. The topological polar surface area (TPSA) is 105 Å². The predicted molar refractivity (Wildman–Crippen MR) is 139 cm³/mol. The fourth-order valence-electron chi connectivity index (χ4n) is 3.73. The van der Waals surface area contributed by atoms with Crippen LogP contribution < -0.4 is 16.9 Å². The third-order valence-corrected chi connectivity index (χ3v) is 6.72. The zero-order valence-corrected chi connectivity index (χ0v) is 20.5. The lowest BCUT2D eigenvalue weighted by Gasteiger charge is -2.20. The molecule has 2 heterocycles. The van der Waals surface area contributed by atoms with E-state index < -0.39 is 23.9 Å². The molecule has 0 aliphatic carbocycles. The number of alkyl halides is 3. The van der Waals surface area contributed by atoms with E-state index in [4.69, 9.17) is 11.6 Å². The summed E-state index contributed by atoms with van der Waals surface area (Å²) in [6, 6.07) is 7.26. The fourth-order valence-corrected chi connectivity index (χ4v) is 4.91. The highest BCUT2D eigenvalue weighted by atomic mass is 32.1. The number of aliphatic imine (C=N–C) groups is 1. The summed E-state index contributed by atoms with van der Waals surface area (Å²) in [5.74, 6) is 4.52. The minimum absolute atomic E-state index is 0.00136. The lowest BCUT2D eigenvalue weighted by molar-refractivity contribution is -0.149. The zero-order chi connectivity index (χ0) is 27.4. The van der Waals surface area contributed by atoms with Crippen LogP contribution in [0.1, 0.15) is 11.6 Å². The van der Waals surface area contributed by atoms with Crippen LogP contribution in [-0.2, 0) is 0 Å². The highest BCUT2D eigenvalue weighted by Crippen LogP contribution is 2.43. The second-order valence-electron chi connectivity index (χ2n) is 8.12. The van der Waals surface area contributed by atoms with Crippen LogP contribution in [0.25, 0.3) is 31.8 Å². The Morgan fingerprint density at radius 3 is 2.68 bits per heavy atom. The van der Waals surface area contributed by atoms with Crippen LogP contribution in [0.4, 0.5) is 27.9 Å². The lowest BCUT2D eigenvalue weighted by Crippen LogP contribution is -2.30. The number of fused-ring (bicyclic) bond motifs is 1. The molecule has 4 aromatic rings. The van der Waals surface area contributed by atoms with Gasteiger partial charge in [0.2, 0.25) is 5.95 Å². The summed E-state index contributed by atoms with van der Waals surface area (Å²) >= 11 is 1.11. The Morgan fingerprint density at radius 2 is 1.95 bits per heavy atom. The predicted octanol–water partition coefficient (Wildman–Crippen LogP) is 5.63. The Bertz CT molecular complexity index is 1480. The minimum atomic E-state index is -4.73. The van der Waals surface area contributed by atoms with Gasteiger partial charge in [-0.3, -0.25) is 4.99 Å². The van der Waals surface area contributed by atoms with E-state index in [1.165, 1.54) is 17.4 Å². The Labute approximate surface area is 218 Å². The summed E-state index contributed by atoms with van der Waals surface area (Å²) < 4.78 is 69.8. The molecular weight excluding hydrogens is 525 g/mol. The van der Waals surface area contributed by atoms with Crippen LogP contribution in [-0.4, -0.2) is 41.0 Å². The SMILES string of the molecule is C=N/C=C\N(N)CCNc1ncc(F)c(-c2cc3cccc(-c4cc(F)ccc4[C@@H](N)C(F)(F)F)c3s2)n1. The standard InChI is InChI=1S/C25H22F5N7S/c1-33-7-9-37(32)10-8-34-24-35-13-19(27)21(36-24)20-11-14-3-2-4-16(22(14)38-20)18-12-15(26)5-6-17(18)23(31)25(28,29)30/h2-7,9,11-13,23H,1,8,10,31-32H2,(H,34,35,36)/b9-7-/t23-/m1/s1. The summed E-state index contributed by atoms with van der Waals surface area (Å²) in [5.41, 5.74) is 5.56. The number of nitrogens with zero attached hydrogens (tertiary/aromatic N) is 4. The van der Waals surface area contributed by atoms with Gasteiger partial charge in [-0.1, -0.05) is 24.3 Å². The smallest absolute Gasteiger partial charge is 0.352 e. The molecule has 13 heteroatoms. The molecule has 2 aromatic carbocycles. The summed E-state index contributed by atoms with van der Waals surface area (Å²) in [7, 11) is 0. The normalized spacial score (nSPS) is 12.7. The molecule has 0 unspecified atom stereocenters. The molecule has 0 spiro atoms. The van der Waals surface area contributed by atoms with E-state index in [1.807, 2.05) is 0 Å². The summed E-state index contributed by atoms with van der Waals surface area (Å²) in [6.07, 6.45) is -0.767. The third-order valence-electron chi connectivity index (χ3n) is 5.53. The molecule has 0 bridgehead atoms. The van der Waals surface area contributed by atoms with Gasteiger partial charge in [0, 0.05) is 23.6 Å². The number of hydrogen-bond donors (Lipinski definition) is 3. The van der Waals surface area contributed by atoms with E-state index in [-0.39, 0.29) is 22.8 Å². The van der Waals surface area contributed by atoms with E-state index in [9.17, 15) is 22.0 Å². The Morgan fingerprint density at radius 1 is 1.16 bits per heavy atom. The maximum atomic E-state index is 14.8. The van der Waals surface area contributed by atoms with Crippen LogP contribution >= 0.6 is 11.3 Å². The van der Waals surface area contributed by atoms with E-state index in [2.05, 4.69) is 27.0 Å². The van der Waals surface area contributed by atoms with Crippen molar-refractivity contribution in [2.45, 2.75) is 12.2 Å². The summed E-state index contributed by atoms with van der Waals surface area (Å²) in [5, 5.41) is 4.94. The van der Waals surface area contributed by atoms with E-state index >= 15 is 0 Å². The molecular formula is C25H22F5N7S. The number of nitrogens with one attached hydrogen (secondary N) is 1. The number of rotatable bonds is 9. The van der Waals surface area contributed by atoms with Crippen molar-refractivity contribution in [3.63, 3.8) is 0 Å². The fraction of sp³-hybridized carbons (Fsp3) is 0.160. The molecule has 0 saturated carbocycles. The van der Waals surface area contributed by atoms with Crippen LogP contribution in [0.2, 0.25) is 0 Å². The second-order valence-corrected chi connectivity index (χ2v) is 9.17. The molecule has 0 fully saturated rings. The van der Waals surface area contributed by atoms with Crippen molar-refractivity contribution in [2.75, 3.05) is 18.4 Å². The van der Waals surface area contributed by atoms with Gasteiger partial charge in [0.15, 0.2) is 5.82 Å². The van der Waals surface area contributed by atoms with Gasteiger partial charge < -0.3 is 16.1 Å². The van der Waals surface area contributed by atoms with Crippen molar-refractivity contribution in [3.05, 3.63) is 78.3 Å². The highest BCUT2D eigenvalue weighted by Gasteiger charge is 2.39. The summed E-state index contributed by atoms with van der Waals surface area (Å²) in [6.45, 7) is 4.01. The van der Waals surface area contributed by atoms with Gasteiger partial charge in [0.05, 0.1) is 17.6 Å². The first-order valence-electron chi connectivity index (χ1n) is 11.1. The van der Waals surface area contributed by atoms with Gasteiger partial charge in [0.25, 0.3) is 0 Å². The third kappa shape index (κ3) is 5.96. The minimum Gasteiger partial charge on any atom is -0.352 e. The first kappa shape index (κ1) is 27.1. The van der Waals surface area contributed by atoms with Crippen LogP contribution in [0.15, 0.2) is 66.1 Å². The number of hydrazine groups is 1. The molecule has 4 rings (SSSR count). The van der Waals surface area contributed by atoms with Crippen LogP contribution in [0.3, 0.4) is 0 Å². The molecule has 198 valence electrons. The van der Waals surface area contributed by atoms with Gasteiger partial charge in [-0.25, -0.2) is 24.6 Å². The van der Waals surface area contributed by atoms with E-state index in [1.54, 1.807) is 24.3 Å².